The monoisotopic (exact) mass is 166 g/mol. The highest BCUT2D eigenvalue weighted by molar-refractivity contribution is 5.33. The van der Waals surface area contributed by atoms with Crippen LogP contribution in [0.15, 0.2) is 12.4 Å². The Hall–Kier alpha value is -1.63. The number of methoxy groups -OCH3 is 1. The fourth-order valence-corrected chi connectivity index (χ4v) is 0.870. The van der Waals surface area contributed by atoms with Crippen LogP contribution >= 0.6 is 0 Å². The molecule has 0 aromatic carbocycles. The van der Waals surface area contributed by atoms with Crippen LogP contribution in [0.2, 0.25) is 0 Å². The third-order valence-electron chi connectivity index (χ3n) is 1.44. The molecular weight excluding hydrogens is 159 g/mol. The SMILES string of the molecule is COc1cncc(F)c1CC#N. The minimum Gasteiger partial charge on any atom is -0.495 e. The van der Waals surface area contributed by atoms with E-state index >= 15 is 0 Å². The first-order valence-corrected chi connectivity index (χ1v) is 3.33. The lowest BCUT2D eigenvalue weighted by atomic mass is 10.2. The quantitative estimate of drug-likeness (QED) is 0.665. The molecule has 0 unspecified atom stereocenters. The van der Waals surface area contributed by atoms with Gasteiger partial charge in [0.15, 0.2) is 0 Å². The van der Waals surface area contributed by atoms with Gasteiger partial charge in [0.25, 0.3) is 0 Å². The lowest BCUT2D eigenvalue weighted by molar-refractivity contribution is 0.403. The van der Waals surface area contributed by atoms with Crippen molar-refractivity contribution in [3.63, 3.8) is 0 Å². The van der Waals surface area contributed by atoms with Crippen LogP contribution in [0.3, 0.4) is 0 Å². The zero-order chi connectivity index (χ0) is 8.97. The van der Waals surface area contributed by atoms with Gasteiger partial charge < -0.3 is 4.74 Å². The van der Waals surface area contributed by atoms with Crippen LogP contribution in [-0.4, -0.2) is 12.1 Å². The number of nitrogens with zero attached hydrogens (tertiary/aromatic N) is 2. The summed E-state index contributed by atoms with van der Waals surface area (Å²) >= 11 is 0. The zero-order valence-electron chi connectivity index (χ0n) is 6.54. The number of hydrogen-bond acceptors (Lipinski definition) is 3. The highest BCUT2D eigenvalue weighted by Crippen LogP contribution is 2.19. The van der Waals surface area contributed by atoms with E-state index in [4.69, 9.17) is 10.00 Å². The molecule has 12 heavy (non-hydrogen) atoms. The van der Waals surface area contributed by atoms with Gasteiger partial charge in [0.2, 0.25) is 0 Å². The number of pyridine rings is 1. The average Bonchev–Trinajstić information content (AvgIpc) is 2.09. The highest BCUT2D eigenvalue weighted by Gasteiger charge is 2.08. The van der Waals surface area contributed by atoms with Gasteiger partial charge in [-0.1, -0.05) is 0 Å². The molecule has 62 valence electrons. The third-order valence-corrected chi connectivity index (χ3v) is 1.44. The fourth-order valence-electron chi connectivity index (χ4n) is 0.870. The summed E-state index contributed by atoms with van der Waals surface area (Å²) in [6.45, 7) is 0. The summed E-state index contributed by atoms with van der Waals surface area (Å²) in [5.41, 5.74) is 0.259. The number of hydrogen-bond donors (Lipinski definition) is 0. The van der Waals surface area contributed by atoms with Crippen molar-refractivity contribution >= 4 is 0 Å². The first kappa shape index (κ1) is 8.47. The van der Waals surface area contributed by atoms with Crippen LogP contribution in [0.25, 0.3) is 0 Å². The van der Waals surface area contributed by atoms with Crippen molar-refractivity contribution < 1.29 is 9.13 Å². The summed E-state index contributed by atoms with van der Waals surface area (Å²) in [4.78, 5) is 3.59. The molecule has 1 heterocycles. The average molecular weight is 166 g/mol. The van der Waals surface area contributed by atoms with Crippen LogP contribution in [0.4, 0.5) is 4.39 Å². The molecule has 3 nitrogen and oxygen atoms in total. The number of rotatable bonds is 2. The normalized spacial score (nSPS) is 9.08. The van der Waals surface area contributed by atoms with Gasteiger partial charge in [-0.25, -0.2) is 4.39 Å². The Bertz CT molecular complexity index is 319. The van der Waals surface area contributed by atoms with Gasteiger partial charge in [-0.05, 0) is 0 Å². The highest BCUT2D eigenvalue weighted by atomic mass is 19.1. The molecule has 1 aromatic rings. The van der Waals surface area contributed by atoms with Crippen LogP contribution < -0.4 is 4.74 Å². The predicted molar refractivity (Wildman–Crippen MR) is 40.1 cm³/mol. The first-order chi connectivity index (χ1) is 5.79. The largest absolute Gasteiger partial charge is 0.495 e. The number of halogens is 1. The smallest absolute Gasteiger partial charge is 0.149 e. The van der Waals surface area contributed by atoms with Crippen molar-refractivity contribution in [2.45, 2.75) is 6.42 Å². The lowest BCUT2D eigenvalue weighted by Gasteiger charge is -2.04. The van der Waals surface area contributed by atoms with Gasteiger partial charge in [-0.2, -0.15) is 5.26 Å². The van der Waals surface area contributed by atoms with E-state index in [-0.39, 0.29) is 12.0 Å². The molecule has 0 spiro atoms. The first-order valence-electron chi connectivity index (χ1n) is 3.33. The lowest BCUT2D eigenvalue weighted by Crippen LogP contribution is -1.96. The molecule has 0 fully saturated rings. The van der Waals surface area contributed by atoms with Crippen LogP contribution in [-0.2, 0) is 6.42 Å². The summed E-state index contributed by atoms with van der Waals surface area (Å²) in [5.74, 6) is -0.188. The molecular formula is C8H7FN2O. The zero-order valence-corrected chi connectivity index (χ0v) is 6.54. The third kappa shape index (κ3) is 1.51. The Morgan fingerprint density at radius 3 is 3.00 bits per heavy atom. The Morgan fingerprint density at radius 2 is 2.42 bits per heavy atom. The molecule has 0 N–H and O–H groups in total. The second-order valence-corrected chi connectivity index (χ2v) is 2.14. The number of ether oxygens (including phenoxy) is 1. The molecule has 0 aliphatic rings. The Kier molecular flexibility index (Phi) is 2.59. The molecule has 0 saturated carbocycles. The van der Waals surface area contributed by atoms with Crippen molar-refractivity contribution in [1.29, 1.82) is 5.26 Å². The standard InChI is InChI=1S/C8H7FN2O/c1-12-8-5-11-4-7(9)6(8)2-3-10/h4-5H,2H2,1H3. The summed E-state index contributed by atoms with van der Waals surface area (Å²) in [5, 5.41) is 8.37. The Morgan fingerprint density at radius 1 is 1.67 bits per heavy atom. The molecule has 0 aliphatic heterocycles. The topological polar surface area (TPSA) is 45.9 Å². The van der Waals surface area contributed by atoms with E-state index in [2.05, 4.69) is 4.98 Å². The van der Waals surface area contributed by atoms with Crippen molar-refractivity contribution in [3.05, 3.63) is 23.8 Å². The fraction of sp³-hybridized carbons (Fsp3) is 0.250. The van der Waals surface area contributed by atoms with Gasteiger partial charge in [-0.15, -0.1) is 0 Å². The second-order valence-electron chi connectivity index (χ2n) is 2.14. The van der Waals surface area contributed by atoms with E-state index in [1.54, 1.807) is 0 Å². The Labute approximate surface area is 69.4 Å². The van der Waals surface area contributed by atoms with Crippen LogP contribution in [0.5, 0.6) is 5.75 Å². The predicted octanol–water partition coefficient (Wildman–Crippen LogP) is 1.30. The molecule has 0 bridgehead atoms. The molecule has 4 heteroatoms. The molecule has 0 amide bonds. The van der Waals surface area contributed by atoms with E-state index in [0.29, 0.717) is 5.75 Å². The molecule has 1 rings (SSSR count). The number of nitriles is 1. The summed E-state index contributed by atoms with van der Waals surface area (Å²) in [6.07, 6.45) is 2.45. The summed E-state index contributed by atoms with van der Waals surface area (Å²) in [7, 11) is 1.41. The maximum atomic E-state index is 12.9. The number of aromatic nitrogens is 1. The van der Waals surface area contributed by atoms with E-state index in [0.717, 1.165) is 6.20 Å². The van der Waals surface area contributed by atoms with Gasteiger partial charge >= 0.3 is 0 Å². The van der Waals surface area contributed by atoms with Gasteiger partial charge in [0, 0.05) is 5.56 Å². The van der Waals surface area contributed by atoms with Crippen LogP contribution in [0.1, 0.15) is 5.56 Å². The maximum Gasteiger partial charge on any atom is 0.149 e. The maximum absolute atomic E-state index is 12.9. The van der Waals surface area contributed by atoms with E-state index < -0.39 is 5.82 Å². The molecule has 0 atom stereocenters. The molecule has 0 saturated heterocycles. The molecule has 0 radical (unpaired) electrons. The minimum atomic E-state index is -0.504. The van der Waals surface area contributed by atoms with Crippen molar-refractivity contribution in [2.24, 2.45) is 0 Å². The van der Waals surface area contributed by atoms with Gasteiger partial charge in [0.05, 0.1) is 32.0 Å². The van der Waals surface area contributed by atoms with Gasteiger partial charge in [0.1, 0.15) is 11.6 Å². The van der Waals surface area contributed by atoms with E-state index in [9.17, 15) is 4.39 Å². The molecule has 0 aliphatic carbocycles. The Balaban J connectivity index is 3.12. The minimum absolute atomic E-state index is 0.00245. The van der Waals surface area contributed by atoms with Gasteiger partial charge in [-0.3, -0.25) is 4.98 Å². The second kappa shape index (κ2) is 3.67. The van der Waals surface area contributed by atoms with E-state index in [1.807, 2.05) is 6.07 Å². The molecule has 1 aromatic heterocycles. The van der Waals surface area contributed by atoms with Crippen molar-refractivity contribution in [3.8, 4) is 11.8 Å². The van der Waals surface area contributed by atoms with E-state index in [1.165, 1.54) is 13.3 Å². The summed E-state index contributed by atoms with van der Waals surface area (Å²) in [6, 6.07) is 1.85. The van der Waals surface area contributed by atoms with Crippen LogP contribution in [0, 0.1) is 17.1 Å². The van der Waals surface area contributed by atoms with Crippen molar-refractivity contribution in [2.75, 3.05) is 7.11 Å². The van der Waals surface area contributed by atoms with Crippen molar-refractivity contribution in [1.82, 2.24) is 4.98 Å². The summed E-state index contributed by atoms with van der Waals surface area (Å²) < 4.78 is 17.8.